The Morgan fingerprint density at radius 3 is 2.69 bits per heavy atom. The quantitative estimate of drug-likeness (QED) is 0.622. The summed E-state index contributed by atoms with van der Waals surface area (Å²) >= 11 is 0. The Bertz CT molecular complexity index is 1030. The van der Waals surface area contributed by atoms with E-state index in [1.165, 1.54) is 0 Å². The number of hydrogen-bond donors (Lipinski definition) is 1. The van der Waals surface area contributed by atoms with Crippen LogP contribution < -0.4 is 0 Å². The number of benzene rings is 1. The Hall–Kier alpha value is -2.47. The number of Topliss-reactive ketones (excluding diaryl/α,β-unsaturated/α-hetero) is 1. The van der Waals surface area contributed by atoms with Crippen LogP contribution in [0.2, 0.25) is 0 Å². The summed E-state index contributed by atoms with van der Waals surface area (Å²) in [5.74, 6) is -1.58. The zero-order valence-electron chi connectivity index (χ0n) is 17.3. The van der Waals surface area contributed by atoms with Crippen molar-refractivity contribution in [3.05, 3.63) is 35.5 Å². The van der Waals surface area contributed by atoms with Crippen molar-refractivity contribution in [2.75, 3.05) is 6.61 Å². The minimum Gasteiger partial charge on any atom is -0.465 e. The number of ether oxygens (including phenoxy) is 1. The first kappa shape index (κ1) is 19.8. The Morgan fingerprint density at radius 1 is 1.31 bits per heavy atom. The molecule has 3 atom stereocenters. The standard InChI is InChI=1S/C23H27NO5/c1-5-29-21(28)23-10-9-17(25)14(19(23)26)11-13-12-24(20(27)22(2,3)4)16-8-6-7-15(23)18(13)16/h6-8,12,14,17,25H,5,9-11H2,1-4H3/t14-,17?,23-/m1/s1. The van der Waals surface area contributed by atoms with E-state index < -0.39 is 28.8 Å². The first-order chi connectivity index (χ1) is 13.6. The topological polar surface area (TPSA) is 85.6 Å². The molecule has 1 heterocycles. The molecule has 4 rings (SSSR count). The molecule has 2 bridgehead atoms. The van der Waals surface area contributed by atoms with Gasteiger partial charge in [-0.05, 0) is 43.4 Å². The average molecular weight is 397 g/mol. The highest BCUT2D eigenvalue weighted by Crippen LogP contribution is 2.48. The Balaban J connectivity index is 2.05. The third-order valence-corrected chi connectivity index (χ3v) is 6.33. The maximum absolute atomic E-state index is 13.5. The van der Waals surface area contributed by atoms with Gasteiger partial charge in [0.2, 0.25) is 5.91 Å². The molecule has 29 heavy (non-hydrogen) atoms. The predicted molar refractivity (Wildman–Crippen MR) is 108 cm³/mol. The van der Waals surface area contributed by atoms with Crippen LogP contribution in [0.4, 0.5) is 0 Å². The van der Waals surface area contributed by atoms with E-state index in [1.54, 1.807) is 29.8 Å². The molecule has 2 aromatic rings. The van der Waals surface area contributed by atoms with E-state index in [9.17, 15) is 19.5 Å². The number of esters is 1. The van der Waals surface area contributed by atoms with Gasteiger partial charge in [-0.15, -0.1) is 0 Å². The van der Waals surface area contributed by atoms with Crippen LogP contribution in [0.3, 0.4) is 0 Å². The van der Waals surface area contributed by atoms with Crippen molar-refractivity contribution < 1.29 is 24.2 Å². The maximum Gasteiger partial charge on any atom is 0.324 e. The number of fused-ring (bicyclic) bond motifs is 3. The van der Waals surface area contributed by atoms with E-state index in [2.05, 4.69) is 0 Å². The number of ketones is 1. The zero-order valence-corrected chi connectivity index (χ0v) is 17.3. The molecule has 1 aromatic carbocycles. The van der Waals surface area contributed by atoms with Crippen LogP contribution in [0.15, 0.2) is 24.4 Å². The highest BCUT2D eigenvalue weighted by atomic mass is 16.5. The molecule has 154 valence electrons. The fourth-order valence-electron chi connectivity index (χ4n) is 4.89. The lowest BCUT2D eigenvalue weighted by molar-refractivity contribution is -0.159. The summed E-state index contributed by atoms with van der Waals surface area (Å²) in [6.07, 6.45) is 1.84. The van der Waals surface area contributed by atoms with Gasteiger partial charge < -0.3 is 9.84 Å². The molecule has 1 fully saturated rings. The molecular weight excluding hydrogens is 370 g/mol. The number of carbonyl (C=O) groups excluding carboxylic acids is 3. The molecule has 6 heteroatoms. The second-order valence-electron chi connectivity index (χ2n) is 9.19. The molecule has 6 nitrogen and oxygen atoms in total. The highest BCUT2D eigenvalue weighted by Gasteiger charge is 2.57. The molecule has 0 saturated heterocycles. The first-order valence-electron chi connectivity index (χ1n) is 10.2. The summed E-state index contributed by atoms with van der Waals surface area (Å²) < 4.78 is 6.99. The fourth-order valence-corrected chi connectivity index (χ4v) is 4.89. The van der Waals surface area contributed by atoms with Crippen molar-refractivity contribution in [1.29, 1.82) is 0 Å². The Morgan fingerprint density at radius 2 is 2.03 bits per heavy atom. The molecule has 1 saturated carbocycles. The number of aromatic nitrogens is 1. The first-order valence-corrected chi connectivity index (χ1v) is 10.2. The van der Waals surface area contributed by atoms with Crippen molar-refractivity contribution in [3.63, 3.8) is 0 Å². The third kappa shape index (κ3) is 2.69. The van der Waals surface area contributed by atoms with E-state index in [1.807, 2.05) is 26.8 Å². The average Bonchev–Trinajstić information content (AvgIpc) is 3.00. The van der Waals surface area contributed by atoms with Gasteiger partial charge in [0, 0.05) is 22.9 Å². The number of carbonyl (C=O) groups is 3. The largest absolute Gasteiger partial charge is 0.465 e. The van der Waals surface area contributed by atoms with Gasteiger partial charge in [-0.25, -0.2) is 0 Å². The minimum absolute atomic E-state index is 0.0614. The van der Waals surface area contributed by atoms with Gasteiger partial charge in [0.25, 0.3) is 0 Å². The van der Waals surface area contributed by atoms with E-state index in [0.717, 1.165) is 10.9 Å². The van der Waals surface area contributed by atoms with E-state index in [-0.39, 0.29) is 24.7 Å². The lowest BCUT2D eigenvalue weighted by Gasteiger charge is -2.38. The fraction of sp³-hybridized carbons (Fsp3) is 0.522. The van der Waals surface area contributed by atoms with Gasteiger partial charge in [0.1, 0.15) is 0 Å². The number of aliphatic hydroxyl groups excluding tert-OH is 1. The van der Waals surface area contributed by atoms with E-state index >= 15 is 0 Å². The van der Waals surface area contributed by atoms with Gasteiger partial charge in [-0.2, -0.15) is 0 Å². The number of rotatable bonds is 2. The lowest BCUT2D eigenvalue weighted by Crippen LogP contribution is -2.54. The van der Waals surface area contributed by atoms with Gasteiger partial charge >= 0.3 is 5.97 Å². The van der Waals surface area contributed by atoms with Crippen molar-refractivity contribution in [1.82, 2.24) is 4.57 Å². The summed E-state index contributed by atoms with van der Waals surface area (Å²) in [6, 6.07) is 5.43. The molecule has 1 aromatic heterocycles. The van der Waals surface area contributed by atoms with Crippen molar-refractivity contribution in [2.24, 2.45) is 11.3 Å². The van der Waals surface area contributed by atoms with Crippen molar-refractivity contribution >= 4 is 28.6 Å². The van der Waals surface area contributed by atoms with Crippen LogP contribution in [-0.2, 0) is 26.2 Å². The van der Waals surface area contributed by atoms with Crippen molar-refractivity contribution in [3.8, 4) is 0 Å². The van der Waals surface area contributed by atoms with Gasteiger partial charge in [-0.3, -0.25) is 19.0 Å². The van der Waals surface area contributed by atoms with Gasteiger partial charge in [-0.1, -0.05) is 32.9 Å². The summed E-state index contributed by atoms with van der Waals surface area (Å²) in [7, 11) is 0. The van der Waals surface area contributed by atoms with Crippen LogP contribution >= 0.6 is 0 Å². The van der Waals surface area contributed by atoms with Crippen LogP contribution in [0.5, 0.6) is 0 Å². The summed E-state index contributed by atoms with van der Waals surface area (Å²) in [5.41, 5.74) is 0.0903. The smallest absolute Gasteiger partial charge is 0.324 e. The molecular formula is C23H27NO5. The minimum atomic E-state index is -1.43. The summed E-state index contributed by atoms with van der Waals surface area (Å²) in [4.78, 5) is 39.8. The lowest BCUT2D eigenvalue weighted by atomic mass is 9.64. The van der Waals surface area contributed by atoms with Gasteiger partial charge in [0.15, 0.2) is 11.2 Å². The Kier molecular flexibility index (Phi) is 4.46. The zero-order chi connectivity index (χ0) is 21.1. The second-order valence-corrected chi connectivity index (χ2v) is 9.19. The third-order valence-electron chi connectivity index (χ3n) is 6.33. The number of aliphatic hydroxyl groups is 1. The second kappa shape index (κ2) is 6.52. The molecule has 2 aliphatic carbocycles. The molecule has 2 aliphatic rings. The van der Waals surface area contributed by atoms with Crippen LogP contribution in [-0.4, -0.2) is 40.0 Å². The molecule has 0 radical (unpaired) electrons. The predicted octanol–water partition coefficient (Wildman–Crippen LogP) is 3.02. The van der Waals surface area contributed by atoms with E-state index in [0.29, 0.717) is 23.9 Å². The van der Waals surface area contributed by atoms with Crippen LogP contribution in [0.25, 0.3) is 10.9 Å². The van der Waals surface area contributed by atoms with Crippen LogP contribution in [0.1, 0.15) is 56.5 Å². The highest BCUT2D eigenvalue weighted by molar-refractivity contribution is 6.16. The normalized spacial score (nSPS) is 26.3. The number of hydrogen-bond acceptors (Lipinski definition) is 5. The molecule has 1 N–H and O–H groups in total. The number of nitrogens with zero attached hydrogens (tertiary/aromatic N) is 1. The van der Waals surface area contributed by atoms with Gasteiger partial charge in [0.05, 0.1) is 18.2 Å². The van der Waals surface area contributed by atoms with Crippen LogP contribution in [0, 0.1) is 11.3 Å². The SMILES string of the molecule is CCOC(=O)[C@]12CCC(O)[C@@H](Cc3cn(C(=O)C(C)(C)C)c4cccc1c34)C2=O. The summed E-state index contributed by atoms with van der Waals surface area (Å²) in [6.45, 7) is 7.47. The van der Waals surface area contributed by atoms with E-state index in [4.69, 9.17) is 4.74 Å². The monoisotopic (exact) mass is 397 g/mol. The maximum atomic E-state index is 13.5. The Labute approximate surface area is 169 Å². The molecule has 0 spiro atoms. The summed E-state index contributed by atoms with van der Waals surface area (Å²) in [5, 5.41) is 11.3. The molecule has 0 aliphatic heterocycles. The molecule has 1 unspecified atom stereocenters. The molecule has 0 amide bonds. The van der Waals surface area contributed by atoms with Crippen molar-refractivity contribution in [2.45, 2.75) is 58.5 Å².